The summed E-state index contributed by atoms with van der Waals surface area (Å²) in [7, 11) is 3.38. The highest BCUT2D eigenvalue weighted by molar-refractivity contribution is 7.09. The van der Waals surface area contributed by atoms with E-state index < -0.39 is 5.60 Å². The molecule has 0 aliphatic rings. The van der Waals surface area contributed by atoms with Crippen LogP contribution >= 0.6 is 11.3 Å². The van der Waals surface area contributed by atoms with Gasteiger partial charge in [0.15, 0.2) is 0 Å². The monoisotopic (exact) mass is 419 g/mol. The van der Waals surface area contributed by atoms with E-state index in [9.17, 15) is 0 Å². The number of ether oxygens (including phenoxy) is 3. The smallest absolute Gasteiger partial charge is 0.144 e. The first kappa shape index (κ1) is 20.4. The standard InChI is InChI=1S/C25H25NO3S/c1-4-25(28-3,24-26-11-12-30-24)21-14-22(27-2)16-23(15-21)29-17-18-9-10-19-7-5-6-8-20(19)13-18/h5-16H,4,17H2,1-3H3. The van der Waals surface area contributed by atoms with E-state index in [1.165, 1.54) is 10.8 Å². The minimum atomic E-state index is -0.635. The lowest BCUT2D eigenvalue weighted by atomic mass is 9.91. The second-order valence-corrected chi connectivity index (χ2v) is 7.98. The molecule has 0 spiro atoms. The molecule has 4 aromatic rings. The van der Waals surface area contributed by atoms with Crippen LogP contribution in [0.5, 0.6) is 11.5 Å². The van der Waals surface area contributed by atoms with E-state index in [2.05, 4.69) is 54.4 Å². The van der Waals surface area contributed by atoms with Gasteiger partial charge in [0, 0.05) is 24.8 Å². The third-order valence-corrected chi connectivity index (χ3v) is 6.34. The molecule has 1 heterocycles. The van der Waals surface area contributed by atoms with Crippen LogP contribution < -0.4 is 9.47 Å². The van der Waals surface area contributed by atoms with Gasteiger partial charge in [0.25, 0.3) is 0 Å². The fourth-order valence-corrected chi connectivity index (χ4v) is 4.66. The van der Waals surface area contributed by atoms with Crippen LogP contribution in [0.3, 0.4) is 0 Å². The van der Waals surface area contributed by atoms with E-state index in [4.69, 9.17) is 14.2 Å². The first-order valence-electron chi connectivity index (χ1n) is 9.93. The number of benzene rings is 3. The average molecular weight is 420 g/mol. The molecular formula is C25H25NO3S. The zero-order chi connectivity index (χ0) is 21.0. The fourth-order valence-electron chi connectivity index (χ4n) is 3.75. The Balaban J connectivity index is 1.65. The summed E-state index contributed by atoms with van der Waals surface area (Å²) >= 11 is 1.59. The Hall–Kier alpha value is -2.89. The van der Waals surface area contributed by atoms with Crippen LogP contribution in [0.2, 0.25) is 0 Å². The number of nitrogens with zero attached hydrogens (tertiary/aromatic N) is 1. The molecule has 0 bridgehead atoms. The van der Waals surface area contributed by atoms with Crippen molar-refractivity contribution < 1.29 is 14.2 Å². The van der Waals surface area contributed by atoms with Gasteiger partial charge in [-0.3, -0.25) is 0 Å². The summed E-state index contributed by atoms with van der Waals surface area (Å²) in [6.07, 6.45) is 2.55. The minimum Gasteiger partial charge on any atom is -0.497 e. The van der Waals surface area contributed by atoms with Crippen molar-refractivity contribution >= 4 is 22.1 Å². The molecule has 4 nitrogen and oxygen atoms in total. The summed E-state index contributed by atoms with van der Waals surface area (Å²) in [5, 5.41) is 5.32. The van der Waals surface area contributed by atoms with E-state index in [0.29, 0.717) is 6.61 Å². The van der Waals surface area contributed by atoms with Gasteiger partial charge in [-0.05, 0) is 46.5 Å². The summed E-state index contributed by atoms with van der Waals surface area (Å²) < 4.78 is 17.7. The molecule has 0 aliphatic carbocycles. The molecule has 0 saturated carbocycles. The van der Waals surface area contributed by atoms with Crippen molar-refractivity contribution in [3.05, 3.63) is 88.4 Å². The van der Waals surface area contributed by atoms with Crippen LogP contribution in [-0.2, 0) is 16.9 Å². The van der Waals surface area contributed by atoms with Gasteiger partial charge < -0.3 is 14.2 Å². The van der Waals surface area contributed by atoms with Crippen molar-refractivity contribution in [3.8, 4) is 11.5 Å². The van der Waals surface area contributed by atoms with Gasteiger partial charge in [0.1, 0.15) is 28.7 Å². The third-order valence-electron chi connectivity index (χ3n) is 5.43. The van der Waals surface area contributed by atoms with E-state index in [1.807, 2.05) is 23.6 Å². The molecular weight excluding hydrogens is 394 g/mol. The van der Waals surface area contributed by atoms with Gasteiger partial charge in [0.05, 0.1) is 7.11 Å². The van der Waals surface area contributed by atoms with Crippen LogP contribution in [0.4, 0.5) is 0 Å². The van der Waals surface area contributed by atoms with Crippen molar-refractivity contribution in [2.24, 2.45) is 0 Å². The third kappa shape index (κ3) is 3.91. The summed E-state index contributed by atoms with van der Waals surface area (Å²) in [5.74, 6) is 1.47. The van der Waals surface area contributed by atoms with Crippen LogP contribution in [0.1, 0.15) is 29.5 Å². The van der Waals surface area contributed by atoms with Gasteiger partial charge in [-0.25, -0.2) is 4.98 Å². The molecule has 1 aromatic heterocycles. The highest BCUT2D eigenvalue weighted by Gasteiger charge is 2.36. The van der Waals surface area contributed by atoms with Crippen LogP contribution in [0, 0.1) is 0 Å². The SMILES string of the molecule is CCC(OC)(c1cc(OC)cc(OCc2ccc3ccccc3c2)c1)c1nccs1. The molecule has 5 heteroatoms. The molecule has 3 aromatic carbocycles. The van der Waals surface area contributed by atoms with Gasteiger partial charge in [-0.2, -0.15) is 0 Å². The topological polar surface area (TPSA) is 40.6 Å². The molecule has 0 amide bonds. The normalized spacial score (nSPS) is 13.2. The van der Waals surface area contributed by atoms with Gasteiger partial charge in [-0.15, -0.1) is 11.3 Å². The highest BCUT2D eigenvalue weighted by Crippen LogP contribution is 2.40. The molecule has 1 atom stereocenters. The van der Waals surface area contributed by atoms with Crippen molar-refractivity contribution in [2.45, 2.75) is 25.6 Å². The summed E-state index contributed by atoms with van der Waals surface area (Å²) in [4.78, 5) is 4.53. The Morgan fingerprint density at radius 3 is 2.43 bits per heavy atom. The number of hydrogen-bond donors (Lipinski definition) is 0. The van der Waals surface area contributed by atoms with Crippen molar-refractivity contribution in [2.75, 3.05) is 14.2 Å². The molecule has 0 radical (unpaired) electrons. The number of methoxy groups -OCH3 is 2. The predicted octanol–water partition coefficient (Wildman–Crippen LogP) is 6.18. The zero-order valence-corrected chi connectivity index (χ0v) is 18.2. The first-order chi connectivity index (χ1) is 14.7. The van der Waals surface area contributed by atoms with E-state index in [-0.39, 0.29) is 0 Å². The quantitative estimate of drug-likeness (QED) is 0.342. The highest BCUT2D eigenvalue weighted by atomic mass is 32.1. The van der Waals surface area contributed by atoms with Crippen LogP contribution in [-0.4, -0.2) is 19.2 Å². The number of hydrogen-bond acceptors (Lipinski definition) is 5. The van der Waals surface area contributed by atoms with Gasteiger partial charge >= 0.3 is 0 Å². The van der Waals surface area contributed by atoms with Crippen molar-refractivity contribution in [1.29, 1.82) is 0 Å². The Bertz CT molecular complexity index is 1120. The number of fused-ring (bicyclic) bond motifs is 1. The fraction of sp³-hybridized carbons (Fsp3) is 0.240. The Kier molecular flexibility index (Phi) is 6.02. The summed E-state index contributed by atoms with van der Waals surface area (Å²) in [6.45, 7) is 2.57. The largest absolute Gasteiger partial charge is 0.497 e. The Morgan fingerprint density at radius 2 is 1.73 bits per heavy atom. The van der Waals surface area contributed by atoms with Crippen molar-refractivity contribution in [3.63, 3.8) is 0 Å². The van der Waals surface area contributed by atoms with Gasteiger partial charge in [-0.1, -0.05) is 43.3 Å². The first-order valence-corrected chi connectivity index (χ1v) is 10.8. The number of rotatable bonds is 8. The lowest BCUT2D eigenvalue weighted by molar-refractivity contribution is 0.0180. The van der Waals surface area contributed by atoms with E-state index >= 15 is 0 Å². The van der Waals surface area contributed by atoms with Crippen molar-refractivity contribution in [1.82, 2.24) is 4.98 Å². The van der Waals surface area contributed by atoms with E-state index in [0.717, 1.165) is 34.1 Å². The maximum absolute atomic E-state index is 6.17. The predicted molar refractivity (Wildman–Crippen MR) is 121 cm³/mol. The maximum atomic E-state index is 6.17. The zero-order valence-electron chi connectivity index (χ0n) is 17.4. The molecule has 4 rings (SSSR count). The Labute approximate surface area is 181 Å². The molecule has 1 unspecified atom stereocenters. The summed E-state index contributed by atoms with van der Waals surface area (Å²) in [6, 6.07) is 20.6. The van der Waals surface area contributed by atoms with Crippen LogP contribution in [0.15, 0.2) is 72.2 Å². The lowest BCUT2D eigenvalue weighted by Crippen LogP contribution is -2.29. The van der Waals surface area contributed by atoms with E-state index in [1.54, 1.807) is 31.8 Å². The average Bonchev–Trinajstić information content (AvgIpc) is 3.34. The second kappa shape index (κ2) is 8.86. The molecule has 0 fully saturated rings. The number of aromatic nitrogens is 1. The Morgan fingerprint density at radius 1 is 0.933 bits per heavy atom. The minimum absolute atomic E-state index is 0.473. The maximum Gasteiger partial charge on any atom is 0.144 e. The van der Waals surface area contributed by atoms with Gasteiger partial charge in [0.2, 0.25) is 0 Å². The van der Waals surface area contributed by atoms with Crippen LogP contribution in [0.25, 0.3) is 10.8 Å². The molecule has 0 saturated heterocycles. The second-order valence-electron chi connectivity index (χ2n) is 7.09. The molecule has 154 valence electrons. The molecule has 0 aliphatic heterocycles. The number of thiazole rings is 1. The lowest BCUT2D eigenvalue weighted by Gasteiger charge is -2.30. The summed E-state index contributed by atoms with van der Waals surface area (Å²) in [5.41, 5.74) is 1.45. The molecule has 0 N–H and O–H groups in total. The molecule has 30 heavy (non-hydrogen) atoms.